The molecular formula is C13H18BrNO4. The van der Waals surface area contributed by atoms with E-state index in [1.807, 2.05) is 18.2 Å². The van der Waals surface area contributed by atoms with Crippen molar-refractivity contribution in [3.8, 4) is 5.75 Å². The van der Waals surface area contributed by atoms with Crippen molar-refractivity contribution in [1.82, 2.24) is 0 Å². The summed E-state index contributed by atoms with van der Waals surface area (Å²) >= 11 is 3.39. The summed E-state index contributed by atoms with van der Waals surface area (Å²) in [7, 11) is 3.10. The molecule has 1 aliphatic heterocycles. The lowest BCUT2D eigenvalue weighted by atomic mass is 9.85. The van der Waals surface area contributed by atoms with Gasteiger partial charge in [-0.05, 0) is 18.2 Å². The highest BCUT2D eigenvalue weighted by Gasteiger charge is 2.48. The van der Waals surface area contributed by atoms with E-state index in [1.54, 1.807) is 14.2 Å². The van der Waals surface area contributed by atoms with Gasteiger partial charge in [-0.1, -0.05) is 15.9 Å². The van der Waals surface area contributed by atoms with Crippen LogP contribution >= 0.6 is 15.9 Å². The number of nitrogens with two attached hydrogens (primary N) is 1. The van der Waals surface area contributed by atoms with Crippen LogP contribution in [0.2, 0.25) is 0 Å². The van der Waals surface area contributed by atoms with Gasteiger partial charge in [-0.15, -0.1) is 0 Å². The van der Waals surface area contributed by atoms with Gasteiger partial charge in [-0.25, -0.2) is 0 Å². The average Bonchev–Trinajstić information content (AvgIpc) is 2.38. The highest BCUT2D eigenvalue weighted by Crippen LogP contribution is 2.40. The second kappa shape index (κ2) is 5.76. The highest BCUT2D eigenvalue weighted by atomic mass is 79.9. The van der Waals surface area contributed by atoms with E-state index >= 15 is 0 Å². The van der Waals surface area contributed by atoms with Crippen molar-refractivity contribution in [2.75, 3.05) is 27.4 Å². The Morgan fingerprint density at radius 2 is 2.00 bits per heavy atom. The van der Waals surface area contributed by atoms with E-state index in [2.05, 4.69) is 15.9 Å². The fraction of sp³-hybridized carbons (Fsp3) is 0.538. The molecule has 0 spiro atoms. The van der Waals surface area contributed by atoms with Crippen LogP contribution in [-0.4, -0.2) is 44.2 Å². The monoisotopic (exact) mass is 331 g/mol. The van der Waals surface area contributed by atoms with Crippen molar-refractivity contribution in [3.63, 3.8) is 0 Å². The van der Waals surface area contributed by atoms with E-state index < -0.39 is 17.7 Å². The van der Waals surface area contributed by atoms with Crippen LogP contribution in [0.25, 0.3) is 0 Å². The van der Waals surface area contributed by atoms with Crippen LogP contribution in [0.4, 0.5) is 0 Å². The number of hydrogen-bond donors (Lipinski definition) is 2. The molecule has 0 unspecified atom stereocenters. The van der Waals surface area contributed by atoms with E-state index in [0.29, 0.717) is 5.75 Å². The van der Waals surface area contributed by atoms with Gasteiger partial charge in [0, 0.05) is 24.3 Å². The zero-order valence-corrected chi connectivity index (χ0v) is 12.5. The van der Waals surface area contributed by atoms with Gasteiger partial charge in [0.25, 0.3) is 0 Å². The molecule has 6 heteroatoms. The van der Waals surface area contributed by atoms with Crippen LogP contribution in [0, 0.1) is 0 Å². The Morgan fingerprint density at radius 3 is 2.58 bits per heavy atom. The second-order valence-electron chi connectivity index (χ2n) is 4.69. The van der Waals surface area contributed by atoms with E-state index in [-0.39, 0.29) is 13.2 Å². The van der Waals surface area contributed by atoms with Crippen LogP contribution in [0.1, 0.15) is 11.6 Å². The first-order valence-electron chi connectivity index (χ1n) is 5.94. The Kier molecular flexibility index (Phi) is 4.47. The van der Waals surface area contributed by atoms with Crippen LogP contribution in [0.15, 0.2) is 22.7 Å². The lowest BCUT2D eigenvalue weighted by Crippen LogP contribution is -2.60. The molecule has 0 bridgehead atoms. The molecule has 2 atom stereocenters. The van der Waals surface area contributed by atoms with Gasteiger partial charge in [0.1, 0.15) is 11.9 Å². The van der Waals surface area contributed by atoms with Gasteiger partial charge >= 0.3 is 0 Å². The lowest BCUT2D eigenvalue weighted by molar-refractivity contribution is -0.144. The number of methoxy groups -OCH3 is 2. The molecule has 0 saturated carbocycles. The van der Waals surface area contributed by atoms with Gasteiger partial charge in [-0.3, -0.25) is 0 Å². The molecule has 1 aromatic rings. The smallest absolute Gasteiger partial charge is 0.183 e. The van der Waals surface area contributed by atoms with Crippen molar-refractivity contribution in [3.05, 3.63) is 28.2 Å². The number of benzene rings is 1. The molecular weight excluding hydrogens is 314 g/mol. The molecule has 2 rings (SSSR count). The van der Waals surface area contributed by atoms with Gasteiger partial charge in [0.05, 0.1) is 19.3 Å². The summed E-state index contributed by atoms with van der Waals surface area (Å²) in [5.41, 5.74) is 5.92. The molecule has 5 nitrogen and oxygen atoms in total. The summed E-state index contributed by atoms with van der Waals surface area (Å²) in [6.07, 6.45) is -0.908. The molecule has 1 heterocycles. The van der Waals surface area contributed by atoms with Crippen LogP contribution in [0.5, 0.6) is 5.75 Å². The second-order valence-corrected chi connectivity index (χ2v) is 5.60. The van der Waals surface area contributed by atoms with Crippen LogP contribution < -0.4 is 10.5 Å². The largest absolute Gasteiger partial charge is 0.479 e. The van der Waals surface area contributed by atoms with Crippen molar-refractivity contribution in [2.24, 2.45) is 5.73 Å². The topological polar surface area (TPSA) is 73.9 Å². The predicted molar refractivity (Wildman–Crippen MR) is 74.2 cm³/mol. The molecule has 0 aliphatic carbocycles. The quantitative estimate of drug-likeness (QED) is 0.868. The molecule has 3 N–H and O–H groups in total. The summed E-state index contributed by atoms with van der Waals surface area (Å²) in [6.45, 7) is 0.399. The SMILES string of the molecule is COCC1(COC)Oc2ccc(Br)cc2[C@@H](N)[C@@H]1O. The summed E-state index contributed by atoms with van der Waals surface area (Å²) in [6, 6.07) is 5.00. The van der Waals surface area contributed by atoms with Gasteiger partial charge in [0.15, 0.2) is 5.60 Å². The summed E-state index contributed by atoms with van der Waals surface area (Å²) in [4.78, 5) is 0. The van der Waals surface area contributed by atoms with E-state index in [9.17, 15) is 5.11 Å². The van der Waals surface area contributed by atoms with Gasteiger partial charge in [-0.2, -0.15) is 0 Å². The standard InChI is InChI=1S/C13H18BrNO4/c1-17-6-13(7-18-2)12(16)11(15)9-5-8(14)3-4-10(9)19-13/h3-5,11-12,16H,6-7,15H2,1-2H3/t11-,12+/m1/s1. The van der Waals surface area contributed by atoms with E-state index in [1.165, 1.54) is 0 Å². The maximum absolute atomic E-state index is 10.5. The molecule has 0 fully saturated rings. The molecule has 0 aromatic heterocycles. The third-order valence-electron chi connectivity index (χ3n) is 3.30. The molecule has 106 valence electrons. The highest BCUT2D eigenvalue weighted by molar-refractivity contribution is 9.10. The number of fused-ring (bicyclic) bond motifs is 1. The normalized spacial score (nSPS) is 24.7. The number of halogens is 1. The fourth-order valence-corrected chi connectivity index (χ4v) is 2.79. The zero-order chi connectivity index (χ0) is 14.0. The summed E-state index contributed by atoms with van der Waals surface area (Å²) in [5, 5.41) is 10.5. The maximum atomic E-state index is 10.5. The van der Waals surface area contributed by atoms with Crippen LogP contribution in [-0.2, 0) is 9.47 Å². The first-order chi connectivity index (χ1) is 9.04. The molecule has 19 heavy (non-hydrogen) atoms. The minimum Gasteiger partial charge on any atom is -0.479 e. The minimum absolute atomic E-state index is 0.200. The predicted octanol–water partition coefficient (Wildman–Crippen LogP) is 1.23. The molecule has 1 aliphatic rings. The minimum atomic E-state index is -0.982. The van der Waals surface area contributed by atoms with Crippen molar-refractivity contribution < 1.29 is 19.3 Å². The average molecular weight is 332 g/mol. The third kappa shape index (κ3) is 2.64. The molecule has 0 radical (unpaired) electrons. The van der Waals surface area contributed by atoms with Crippen molar-refractivity contribution >= 4 is 15.9 Å². The number of aliphatic hydroxyl groups excluding tert-OH is 1. The van der Waals surface area contributed by atoms with E-state index in [4.69, 9.17) is 19.9 Å². The Balaban J connectivity index is 2.42. The Bertz CT molecular complexity index is 448. The van der Waals surface area contributed by atoms with Crippen LogP contribution in [0.3, 0.4) is 0 Å². The molecule has 1 aromatic carbocycles. The first kappa shape index (κ1) is 14.7. The summed E-state index contributed by atoms with van der Waals surface area (Å²) in [5.74, 6) is 0.648. The van der Waals surface area contributed by atoms with Crippen molar-refractivity contribution in [1.29, 1.82) is 0 Å². The first-order valence-corrected chi connectivity index (χ1v) is 6.73. The number of aliphatic hydroxyl groups is 1. The zero-order valence-electron chi connectivity index (χ0n) is 10.9. The van der Waals surface area contributed by atoms with Crippen molar-refractivity contribution in [2.45, 2.75) is 17.7 Å². The molecule has 0 amide bonds. The Labute approximate surface area is 120 Å². The fourth-order valence-electron chi connectivity index (χ4n) is 2.41. The van der Waals surface area contributed by atoms with Gasteiger partial charge in [0.2, 0.25) is 0 Å². The number of rotatable bonds is 4. The Hall–Kier alpha value is -0.660. The molecule has 0 saturated heterocycles. The van der Waals surface area contributed by atoms with Gasteiger partial charge < -0.3 is 25.1 Å². The van der Waals surface area contributed by atoms with E-state index in [0.717, 1.165) is 10.0 Å². The summed E-state index contributed by atoms with van der Waals surface area (Å²) < 4.78 is 17.2. The maximum Gasteiger partial charge on any atom is 0.183 e. The third-order valence-corrected chi connectivity index (χ3v) is 3.79. The lowest BCUT2D eigenvalue weighted by Gasteiger charge is -2.44. The number of hydrogen-bond acceptors (Lipinski definition) is 5. The Morgan fingerprint density at radius 1 is 1.37 bits per heavy atom. The number of ether oxygens (including phenoxy) is 3.